The van der Waals surface area contributed by atoms with Crippen LogP contribution in [-0.2, 0) is 0 Å². The second-order valence-electron chi connectivity index (χ2n) is 4.79. The van der Waals surface area contributed by atoms with Crippen molar-refractivity contribution < 1.29 is 14.3 Å². The normalized spacial score (nSPS) is 24.1. The van der Waals surface area contributed by atoms with Crippen LogP contribution in [0.2, 0.25) is 0 Å². The Hall–Kier alpha value is -1.62. The highest BCUT2D eigenvalue weighted by Gasteiger charge is 2.31. The molecule has 1 aromatic rings. The summed E-state index contributed by atoms with van der Waals surface area (Å²) in [5, 5.41) is 9.03. The van der Waals surface area contributed by atoms with Gasteiger partial charge in [0.2, 0.25) is 0 Å². The molecule has 0 spiro atoms. The maximum absolute atomic E-state index is 13.1. The molecule has 1 aliphatic rings. The molecule has 2 rings (SSSR count). The molecule has 0 radical (unpaired) electrons. The van der Waals surface area contributed by atoms with E-state index in [9.17, 15) is 9.18 Å². The summed E-state index contributed by atoms with van der Waals surface area (Å²) in [5.41, 5.74) is 7.83. The van der Waals surface area contributed by atoms with Crippen LogP contribution in [0.1, 0.15) is 23.5 Å². The summed E-state index contributed by atoms with van der Waals surface area (Å²) in [5.74, 6) is -0.342. The van der Waals surface area contributed by atoms with E-state index in [0.717, 1.165) is 11.1 Å². The molecule has 0 bridgehead atoms. The summed E-state index contributed by atoms with van der Waals surface area (Å²) in [6.07, 6.45) is -0.292. The summed E-state index contributed by atoms with van der Waals surface area (Å²) in [6.45, 7) is 2.67. The molecule has 0 aliphatic carbocycles. The molecular formula is C13H17FN2O2. The Labute approximate surface area is 105 Å². The topological polar surface area (TPSA) is 66.6 Å². The highest BCUT2D eigenvalue weighted by atomic mass is 19.1. The molecule has 1 heterocycles. The van der Waals surface area contributed by atoms with Crippen molar-refractivity contribution in [2.75, 3.05) is 13.1 Å². The van der Waals surface area contributed by atoms with Gasteiger partial charge in [0.25, 0.3) is 0 Å². The molecule has 0 aromatic heterocycles. The number of hydrogen-bond acceptors (Lipinski definition) is 2. The molecule has 1 fully saturated rings. The van der Waals surface area contributed by atoms with Gasteiger partial charge in [0.1, 0.15) is 5.82 Å². The van der Waals surface area contributed by atoms with Gasteiger partial charge < -0.3 is 15.7 Å². The Kier molecular flexibility index (Phi) is 3.52. The van der Waals surface area contributed by atoms with Gasteiger partial charge in [-0.25, -0.2) is 9.18 Å². The summed E-state index contributed by atoms with van der Waals surface area (Å²) < 4.78 is 13.1. The number of nitrogens with two attached hydrogens (primary N) is 1. The van der Waals surface area contributed by atoms with Crippen LogP contribution in [-0.4, -0.2) is 35.2 Å². The predicted molar refractivity (Wildman–Crippen MR) is 66.1 cm³/mol. The number of halogens is 1. The second-order valence-corrected chi connectivity index (χ2v) is 4.79. The van der Waals surface area contributed by atoms with Crippen molar-refractivity contribution in [3.63, 3.8) is 0 Å². The molecule has 18 heavy (non-hydrogen) atoms. The van der Waals surface area contributed by atoms with Gasteiger partial charge in [-0.2, -0.15) is 0 Å². The predicted octanol–water partition coefficient (Wildman–Crippen LogP) is 1.93. The van der Waals surface area contributed by atoms with Gasteiger partial charge in [-0.05, 0) is 36.6 Å². The van der Waals surface area contributed by atoms with Crippen molar-refractivity contribution in [3.8, 4) is 0 Å². The summed E-state index contributed by atoms with van der Waals surface area (Å²) >= 11 is 0. The standard InChI is InChI=1S/C13H17FN2O2/c1-8-6-9(14)2-3-10(8)11-7-16(13(17)18)5-4-12(11)15/h2-3,6,11-12H,4-5,7,15H2,1H3,(H,17,18)/t11-,12+/m0/s1. The lowest BCUT2D eigenvalue weighted by Crippen LogP contribution is -2.47. The van der Waals surface area contributed by atoms with Crippen molar-refractivity contribution in [1.29, 1.82) is 0 Å². The third-order valence-electron chi connectivity index (χ3n) is 3.57. The van der Waals surface area contributed by atoms with Gasteiger partial charge in [0.05, 0.1) is 0 Å². The third-order valence-corrected chi connectivity index (χ3v) is 3.57. The van der Waals surface area contributed by atoms with Gasteiger partial charge in [-0.1, -0.05) is 6.07 Å². The first-order valence-corrected chi connectivity index (χ1v) is 5.98. The van der Waals surface area contributed by atoms with Crippen molar-refractivity contribution in [3.05, 3.63) is 35.1 Å². The Bertz CT molecular complexity index is 464. The van der Waals surface area contributed by atoms with Crippen molar-refractivity contribution >= 4 is 6.09 Å². The fourth-order valence-corrected chi connectivity index (χ4v) is 2.53. The zero-order valence-electron chi connectivity index (χ0n) is 10.3. The average Bonchev–Trinajstić information content (AvgIpc) is 2.30. The number of piperidine rings is 1. The Balaban J connectivity index is 2.26. The van der Waals surface area contributed by atoms with Gasteiger partial charge in [0, 0.05) is 25.0 Å². The van der Waals surface area contributed by atoms with Gasteiger partial charge >= 0.3 is 6.09 Å². The molecule has 1 aliphatic heterocycles. The van der Waals surface area contributed by atoms with Crippen LogP contribution in [0.4, 0.5) is 9.18 Å². The number of hydrogen-bond donors (Lipinski definition) is 2. The van der Waals surface area contributed by atoms with Crippen LogP contribution in [0, 0.1) is 12.7 Å². The number of carbonyl (C=O) groups is 1. The zero-order chi connectivity index (χ0) is 13.3. The number of likely N-dealkylation sites (tertiary alicyclic amines) is 1. The molecule has 4 nitrogen and oxygen atoms in total. The van der Waals surface area contributed by atoms with Crippen molar-refractivity contribution in [1.82, 2.24) is 4.90 Å². The summed E-state index contributed by atoms with van der Waals surface area (Å²) in [4.78, 5) is 12.4. The van der Waals surface area contributed by atoms with E-state index < -0.39 is 6.09 Å². The van der Waals surface area contributed by atoms with E-state index in [1.54, 1.807) is 6.07 Å². The minimum Gasteiger partial charge on any atom is -0.465 e. The highest BCUT2D eigenvalue weighted by Crippen LogP contribution is 2.28. The first-order chi connectivity index (χ1) is 8.49. The lowest BCUT2D eigenvalue weighted by atomic mass is 9.84. The number of nitrogens with zero attached hydrogens (tertiary/aromatic N) is 1. The minimum absolute atomic E-state index is 0.0598. The molecule has 1 amide bonds. The fraction of sp³-hybridized carbons (Fsp3) is 0.462. The number of benzene rings is 1. The fourth-order valence-electron chi connectivity index (χ4n) is 2.53. The quantitative estimate of drug-likeness (QED) is 0.802. The molecular weight excluding hydrogens is 235 g/mol. The monoisotopic (exact) mass is 252 g/mol. The van der Waals surface area contributed by atoms with Crippen LogP contribution in [0.25, 0.3) is 0 Å². The molecule has 0 saturated carbocycles. The van der Waals surface area contributed by atoms with Crippen LogP contribution in [0.5, 0.6) is 0 Å². The van der Waals surface area contributed by atoms with Gasteiger partial charge in [-0.15, -0.1) is 0 Å². The molecule has 0 unspecified atom stereocenters. The molecule has 2 atom stereocenters. The maximum Gasteiger partial charge on any atom is 0.407 e. The van der Waals surface area contributed by atoms with E-state index in [-0.39, 0.29) is 17.8 Å². The molecule has 1 saturated heterocycles. The first-order valence-electron chi connectivity index (χ1n) is 5.98. The van der Waals surface area contributed by atoms with E-state index >= 15 is 0 Å². The molecule has 1 aromatic carbocycles. The second kappa shape index (κ2) is 4.94. The number of rotatable bonds is 1. The molecule has 98 valence electrons. The Morgan fingerprint density at radius 2 is 2.28 bits per heavy atom. The first kappa shape index (κ1) is 12.8. The van der Waals surface area contributed by atoms with Gasteiger partial charge in [-0.3, -0.25) is 0 Å². The minimum atomic E-state index is -0.924. The summed E-state index contributed by atoms with van der Waals surface area (Å²) in [7, 11) is 0. The molecule has 3 N–H and O–H groups in total. The SMILES string of the molecule is Cc1cc(F)ccc1[C@@H]1CN(C(=O)O)CC[C@H]1N. The summed E-state index contributed by atoms with van der Waals surface area (Å²) in [6, 6.07) is 4.49. The van der Waals surface area contributed by atoms with Crippen molar-refractivity contribution in [2.24, 2.45) is 5.73 Å². The van der Waals surface area contributed by atoms with E-state index in [4.69, 9.17) is 10.8 Å². The zero-order valence-corrected chi connectivity index (χ0v) is 10.3. The smallest absolute Gasteiger partial charge is 0.407 e. The average molecular weight is 252 g/mol. The largest absolute Gasteiger partial charge is 0.465 e. The number of carboxylic acid groups (broad SMARTS) is 1. The maximum atomic E-state index is 13.1. The molecule has 5 heteroatoms. The Morgan fingerprint density at radius 1 is 1.56 bits per heavy atom. The number of aryl methyl sites for hydroxylation is 1. The van der Waals surface area contributed by atoms with Crippen LogP contribution < -0.4 is 5.73 Å². The Morgan fingerprint density at radius 3 is 2.89 bits per heavy atom. The lowest BCUT2D eigenvalue weighted by Gasteiger charge is -2.36. The van der Waals surface area contributed by atoms with E-state index in [1.807, 2.05) is 6.92 Å². The number of amides is 1. The van der Waals surface area contributed by atoms with Crippen LogP contribution >= 0.6 is 0 Å². The van der Waals surface area contributed by atoms with E-state index in [0.29, 0.717) is 19.5 Å². The van der Waals surface area contributed by atoms with E-state index in [1.165, 1.54) is 17.0 Å². The van der Waals surface area contributed by atoms with Crippen LogP contribution in [0.3, 0.4) is 0 Å². The van der Waals surface area contributed by atoms with Crippen LogP contribution in [0.15, 0.2) is 18.2 Å². The van der Waals surface area contributed by atoms with Crippen molar-refractivity contribution in [2.45, 2.75) is 25.3 Å². The third kappa shape index (κ3) is 2.46. The lowest BCUT2D eigenvalue weighted by molar-refractivity contribution is 0.126. The highest BCUT2D eigenvalue weighted by molar-refractivity contribution is 5.65. The van der Waals surface area contributed by atoms with Gasteiger partial charge in [0.15, 0.2) is 0 Å². The van der Waals surface area contributed by atoms with E-state index in [2.05, 4.69) is 0 Å².